The molecule has 3 aromatic rings. The summed E-state index contributed by atoms with van der Waals surface area (Å²) in [5.41, 5.74) is 4.42. The summed E-state index contributed by atoms with van der Waals surface area (Å²) >= 11 is 13.0. The number of nitriles is 1. The number of carbonyl (C=O) groups excluding carboxylic acids is 2. The standard InChI is InChI=1S/C30H26Cl2N4O2/c1-30(2)16-24-27(26(37)17-30)28(21-12-9-19(31)15-22(21)32)36(25-6-4-3-5-23(25)35-24)29(38)34-20-10-7-18(8-11-20)13-14-33/h3-12,15,28,35H,13,16-17H2,1-2H3,(H,34,38). The quantitative estimate of drug-likeness (QED) is 0.350. The summed E-state index contributed by atoms with van der Waals surface area (Å²) in [7, 11) is 0. The van der Waals surface area contributed by atoms with Gasteiger partial charge in [0.1, 0.15) is 0 Å². The fraction of sp³-hybridized carbons (Fsp3) is 0.233. The molecule has 6 nitrogen and oxygen atoms in total. The van der Waals surface area contributed by atoms with Gasteiger partial charge in [0, 0.05) is 33.4 Å². The van der Waals surface area contributed by atoms with E-state index in [-0.39, 0.29) is 17.6 Å². The molecular weight excluding hydrogens is 519 g/mol. The Balaban J connectivity index is 1.68. The van der Waals surface area contributed by atoms with Gasteiger partial charge in [-0.2, -0.15) is 5.26 Å². The lowest BCUT2D eigenvalue weighted by molar-refractivity contribution is -0.118. The Labute approximate surface area is 231 Å². The zero-order chi connectivity index (χ0) is 27.0. The van der Waals surface area contributed by atoms with Crippen LogP contribution in [0.15, 0.2) is 78.0 Å². The molecule has 1 heterocycles. The van der Waals surface area contributed by atoms with Crippen LogP contribution in [-0.2, 0) is 11.2 Å². The predicted molar refractivity (Wildman–Crippen MR) is 152 cm³/mol. The summed E-state index contributed by atoms with van der Waals surface area (Å²) in [5.74, 6) is -0.0359. The molecule has 1 unspecified atom stereocenters. The Morgan fingerprint density at radius 1 is 1.11 bits per heavy atom. The smallest absolute Gasteiger partial charge is 0.327 e. The largest absolute Gasteiger partial charge is 0.357 e. The number of nitrogens with zero attached hydrogens (tertiary/aromatic N) is 2. The van der Waals surface area contributed by atoms with Crippen LogP contribution in [-0.4, -0.2) is 11.8 Å². The van der Waals surface area contributed by atoms with Gasteiger partial charge in [-0.1, -0.05) is 67.4 Å². The van der Waals surface area contributed by atoms with Crippen molar-refractivity contribution in [2.75, 3.05) is 15.5 Å². The molecule has 0 fully saturated rings. The van der Waals surface area contributed by atoms with Crippen molar-refractivity contribution < 1.29 is 9.59 Å². The number of para-hydroxylation sites is 2. The van der Waals surface area contributed by atoms with Crippen molar-refractivity contribution in [1.82, 2.24) is 0 Å². The van der Waals surface area contributed by atoms with E-state index >= 15 is 0 Å². The Morgan fingerprint density at radius 3 is 2.55 bits per heavy atom. The van der Waals surface area contributed by atoms with Gasteiger partial charge < -0.3 is 10.6 Å². The summed E-state index contributed by atoms with van der Waals surface area (Å²) in [6.45, 7) is 4.13. The van der Waals surface area contributed by atoms with E-state index in [9.17, 15) is 9.59 Å². The van der Waals surface area contributed by atoms with Crippen molar-refractivity contribution in [2.45, 2.75) is 39.2 Å². The van der Waals surface area contributed by atoms with Gasteiger partial charge in [0.05, 0.1) is 29.9 Å². The highest BCUT2D eigenvalue weighted by Gasteiger charge is 2.44. The molecule has 2 N–H and O–H groups in total. The van der Waals surface area contributed by atoms with Crippen LogP contribution >= 0.6 is 23.2 Å². The highest BCUT2D eigenvalue weighted by atomic mass is 35.5. The second-order valence-corrected chi connectivity index (χ2v) is 11.2. The number of halogens is 2. The molecule has 3 aromatic carbocycles. The number of nitrogens with one attached hydrogen (secondary N) is 2. The zero-order valence-electron chi connectivity index (χ0n) is 21.0. The average Bonchev–Trinajstić information content (AvgIpc) is 2.99. The van der Waals surface area contributed by atoms with E-state index < -0.39 is 12.1 Å². The maximum absolute atomic E-state index is 14.1. The van der Waals surface area contributed by atoms with Crippen molar-refractivity contribution in [3.8, 4) is 6.07 Å². The van der Waals surface area contributed by atoms with Gasteiger partial charge in [-0.3, -0.25) is 9.69 Å². The maximum Gasteiger partial charge on any atom is 0.327 e. The highest BCUT2D eigenvalue weighted by Crippen LogP contribution is 2.49. The minimum Gasteiger partial charge on any atom is -0.357 e. The molecule has 2 amide bonds. The molecule has 0 saturated carbocycles. The van der Waals surface area contributed by atoms with Crippen molar-refractivity contribution in [3.05, 3.63) is 99.2 Å². The molecule has 0 radical (unpaired) electrons. The van der Waals surface area contributed by atoms with Gasteiger partial charge in [0.2, 0.25) is 0 Å². The van der Waals surface area contributed by atoms with Crippen LogP contribution < -0.4 is 15.5 Å². The van der Waals surface area contributed by atoms with E-state index in [1.165, 1.54) is 0 Å². The molecule has 1 atom stereocenters. The average molecular weight is 545 g/mol. The van der Waals surface area contributed by atoms with Crippen LogP contribution in [0.2, 0.25) is 10.0 Å². The number of hydrogen-bond donors (Lipinski definition) is 2. The van der Waals surface area contributed by atoms with Gasteiger partial charge in [0.15, 0.2) is 5.78 Å². The second kappa shape index (κ2) is 10.2. The second-order valence-electron chi connectivity index (χ2n) is 10.4. The van der Waals surface area contributed by atoms with Crippen LogP contribution in [0.1, 0.15) is 43.9 Å². The monoisotopic (exact) mass is 544 g/mol. The van der Waals surface area contributed by atoms with Gasteiger partial charge in [0.25, 0.3) is 0 Å². The number of allylic oxidation sites excluding steroid dienone is 1. The van der Waals surface area contributed by atoms with E-state index in [1.807, 2.05) is 24.3 Å². The zero-order valence-corrected chi connectivity index (χ0v) is 22.5. The van der Waals surface area contributed by atoms with Crippen LogP contribution in [0.3, 0.4) is 0 Å². The highest BCUT2D eigenvalue weighted by molar-refractivity contribution is 6.35. The molecule has 38 heavy (non-hydrogen) atoms. The number of Topliss-reactive ketones (excluding diaryl/α,β-unsaturated/α-hetero) is 1. The Kier molecular flexibility index (Phi) is 6.92. The first-order chi connectivity index (χ1) is 18.2. The number of carbonyl (C=O) groups is 2. The molecular formula is C30H26Cl2N4O2. The lowest BCUT2D eigenvalue weighted by Gasteiger charge is -2.37. The third kappa shape index (κ3) is 5.00. The number of benzene rings is 3. The van der Waals surface area contributed by atoms with Gasteiger partial charge in [-0.05, 0) is 59.4 Å². The van der Waals surface area contributed by atoms with Crippen LogP contribution in [0.25, 0.3) is 0 Å². The lowest BCUT2D eigenvalue weighted by atomic mass is 9.73. The Morgan fingerprint density at radius 2 is 1.84 bits per heavy atom. The number of urea groups is 1. The van der Waals surface area contributed by atoms with E-state index in [1.54, 1.807) is 47.4 Å². The summed E-state index contributed by atoms with van der Waals surface area (Å²) in [6, 6.07) is 20.7. The number of ketones is 1. The Hall–Kier alpha value is -3.79. The van der Waals surface area contributed by atoms with Crippen molar-refractivity contribution >= 4 is 52.1 Å². The van der Waals surface area contributed by atoms with E-state index in [2.05, 4.69) is 30.6 Å². The number of amides is 2. The Bertz CT molecular complexity index is 1510. The molecule has 8 heteroatoms. The van der Waals surface area contributed by atoms with Crippen molar-refractivity contribution in [2.24, 2.45) is 5.41 Å². The minimum atomic E-state index is -0.785. The van der Waals surface area contributed by atoms with Gasteiger partial charge in [-0.25, -0.2) is 4.79 Å². The number of hydrogen-bond acceptors (Lipinski definition) is 4. The molecule has 0 bridgehead atoms. The van der Waals surface area contributed by atoms with Crippen LogP contribution in [0, 0.1) is 16.7 Å². The SMILES string of the molecule is CC1(C)CC(=O)C2=C(C1)Nc1ccccc1N(C(=O)Nc1ccc(CC#N)cc1)C2c1ccc(Cl)cc1Cl. The molecule has 1 aliphatic carbocycles. The molecule has 2 aliphatic rings. The number of rotatable bonds is 3. The summed E-state index contributed by atoms with van der Waals surface area (Å²) < 4.78 is 0. The molecule has 0 spiro atoms. The molecule has 5 rings (SSSR count). The predicted octanol–water partition coefficient (Wildman–Crippen LogP) is 7.91. The normalized spacial score (nSPS) is 18.0. The van der Waals surface area contributed by atoms with E-state index in [0.29, 0.717) is 45.4 Å². The van der Waals surface area contributed by atoms with E-state index in [4.69, 9.17) is 28.5 Å². The molecule has 192 valence electrons. The summed E-state index contributed by atoms with van der Waals surface area (Å²) in [6.07, 6.45) is 1.27. The minimum absolute atomic E-state index is 0.0359. The van der Waals surface area contributed by atoms with Crippen LogP contribution in [0.5, 0.6) is 0 Å². The summed E-state index contributed by atoms with van der Waals surface area (Å²) in [4.78, 5) is 29.5. The number of anilines is 3. The molecule has 1 aliphatic heterocycles. The van der Waals surface area contributed by atoms with Gasteiger partial charge >= 0.3 is 6.03 Å². The fourth-order valence-electron chi connectivity index (χ4n) is 5.21. The molecule has 0 aromatic heterocycles. The third-order valence-electron chi connectivity index (χ3n) is 6.87. The van der Waals surface area contributed by atoms with Crippen LogP contribution in [0.4, 0.5) is 21.9 Å². The number of fused-ring (bicyclic) bond motifs is 1. The van der Waals surface area contributed by atoms with E-state index in [0.717, 1.165) is 16.9 Å². The van der Waals surface area contributed by atoms with Gasteiger partial charge in [-0.15, -0.1) is 0 Å². The maximum atomic E-state index is 14.1. The van der Waals surface area contributed by atoms with Crippen molar-refractivity contribution in [3.63, 3.8) is 0 Å². The summed E-state index contributed by atoms with van der Waals surface area (Å²) in [5, 5.41) is 16.3. The fourth-order valence-corrected chi connectivity index (χ4v) is 5.72. The first kappa shape index (κ1) is 25.8. The topological polar surface area (TPSA) is 85.2 Å². The third-order valence-corrected chi connectivity index (χ3v) is 7.43. The first-order valence-electron chi connectivity index (χ1n) is 12.3. The lowest BCUT2D eigenvalue weighted by Crippen LogP contribution is -2.41. The first-order valence-corrected chi connectivity index (χ1v) is 13.1. The molecule has 0 saturated heterocycles. The van der Waals surface area contributed by atoms with Crippen molar-refractivity contribution in [1.29, 1.82) is 5.26 Å².